The summed E-state index contributed by atoms with van der Waals surface area (Å²) in [6, 6.07) is 0. The molecule has 0 atom stereocenters. The van der Waals surface area contributed by atoms with Gasteiger partial charge in [0.2, 0.25) is 0 Å². The van der Waals surface area contributed by atoms with E-state index in [0.29, 0.717) is 11.8 Å². The topological polar surface area (TPSA) is 64.6 Å². The lowest BCUT2D eigenvalue weighted by atomic mass is 10.4. The third-order valence-corrected chi connectivity index (χ3v) is 4.52. The lowest BCUT2D eigenvalue weighted by Gasteiger charge is -2.05. The van der Waals surface area contributed by atoms with Crippen LogP contribution in [0.3, 0.4) is 0 Å². The first-order chi connectivity index (χ1) is 10.3. The van der Waals surface area contributed by atoms with Crippen molar-refractivity contribution in [2.24, 2.45) is 0 Å². The highest BCUT2D eigenvalue weighted by molar-refractivity contribution is 7.99. The second kappa shape index (κ2) is 6.61. The van der Waals surface area contributed by atoms with Crippen molar-refractivity contribution in [3.63, 3.8) is 0 Å². The molecule has 3 aromatic rings. The number of hydrogen-bond donors (Lipinski definition) is 1. The fourth-order valence-electron chi connectivity index (χ4n) is 1.90. The normalized spacial score (nSPS) is 11.5. The number of aromatic nitrogens is 3. The first kappa shape index (κ1) is 14.6. The number of rotatable bonds is 7. The first-order valence-electron chi connectivity index (χ1n) is 6.52. The Morgan fingerprint density at radius 1 is 1.48 bits per heavy atom. The average molecular weight is 324 g/mol. The van der Waals surface area contributed by atoms with Gasteiger partial charge in [0.25, 0.3) is 5.22 Å². The monoisotopic (exact) mass is 324 g/mol. The molecule has 0 saturated carbocycles. The van der Waals surface area contributed by atoms with E-state index >= 15 is 0 Å². The van der Waals surface area contributed by atoms with Crippen molar-refractivity contribution in [1.29, 1.82) is 0 Å². The molecule has 0 aliphatic heterocycles. The van der Waals surface area contributed by atoms with E-state index in [2.05, 4.69) is 19.7 Å². The molecule has 3 aromatic heterocycles. The van der Waals surface area contributed by atoms with Crippen molar-refractivity contribution in [2.75, 3.05) is 20.3 Å². The molecule has 3 rings (SSSR count). The van der Waals surface area contributed by atoms with Crippen molar-refractivity contribution in [1.82, 2.24) is 19.7 Å². The van der Waals surface area contributed by atoms with Gasteiger partial charge in [0.15, 0.2) is 4.96 Å². The van der Waals surface area contributed by atoms with Gasteiger partial charge < -0.3 is 14.5 Å². The number of nitrogens with zero attached hydrogens (tertiary/aromatic N) is 3. The summed E-state index contributed by atoms with van der Waals surface area (Å²) in [7, 11) is 1.70. The van der Waals surface area contributed by atoms with Gasteiger partial charge in [0.1, 0.15) is 11.3 Å². The molecule has 0 aromatic carbocycles. The highest BCUT2D eigenvalue weighted by Gasteiger charge is 2.16. The Bertz CT molecular complexity index is 719. The SMILES string of the molecule is COCCNCc1c(Sc2nc(C)co2)nc2sccn12. The predicted octanol–water partition coefficient (Wildman–Crippen LogP) is 2.58. The van der Waals surface area contributed by atoms with E-state index in [0.717, 1.165) is 34.5 Å². The quantitative estimate of drug-likeness (QED) is 0.674. The Kier molecular flexibility index (Phi) is 4.59. The van der Waals surface area contributed by atoms with Crippen molar-refractivity contribution in [2.45, 2.75) is 23.7 Å². The van der Waals surface area contributed by atoms with Gasteiger partial charge in [-0.25, -0.2) is 9.97 Å². The van der Waals surface area contributed by atoms with Crippen LogP contribution in [-0.2, 0) is 11.3 Å². The minimum Gasteiger partial charge on any atom is -0.439 e. The molecule has 0 bridgehead atoms. The Morgan fingerprint density at radius 3 is 3.14 bits per heavy atom. The summed E-state index contributed by atoms with van der Waals surface area (Å²) in [5, 5.41) is 6.94. The molecule has 0 spiro atoms. The number of oxazole rings is 1. The van der Waals surface area contributed by atoms with E-state index in [1.807, 2.05) is 18.5 Å². The van der Waals surface area contributed by atoms with E-state index in [1.54, 1.807) is 24.7 Å². The summed E-state index contributed by atoms with van der Waals surface area (Å²) in [6.07, 6.45) is 3.68. The van der Waals surface area contributed by atoms with Crippen molar-refractivity contribution >= 4 is 28.1 Å². The fourth-order valence-corrected chi connectivity index (χ4v) is 3.56. The maximum atomic E-state index is 5.40. The van der Waals surface area contributed by atoms with Gasteiger partial charge >= 0.3 is 0 Å². The number of nitrogens with one attached hydrogen (secondary N) is 1. The highest BCUT2D eigenvalue weighted by atomic mass is 32.2. The summed E-state index contributed by atoms with van der Waals surface area (Å²) in [6.45, 7) is 4.12. The zero-order chi connectivity index (χ0) is 14.7. The Morgan fingerprint density at radius 2 is 2.38 bits per heavy atom. The molecule has 8 heteroatoms. The Hall–Kier alpha value is -1.35. The van der Waals surface area contributed by atoms with Gasteiger partial charge in [-0.1, -0.05) is 0 Å². The number of fused-ring (bicyclic) bond motifs is 1. The molecular weight excluding hydrogens is 308 g/mol. The zero-order valence-electron chi connectivity index (χ0n) is 11.8. The maximum absolute atomic E-state index is 5.40. The van der Waals surface area contributed by atoms with Gasteiger partial charge in [-0.05, 0) is 18.7 Å². The van der Waals surface area contributed by atoms with Crippen LogP contribution in [0.2, 0.25) is 0 Å². The standard InChI is InChI=1S/C13H16N4O2S2/c1-9-8-19-13(15-9)21-11-10(7-14-3-5-18-2)17-4-6-20-12(17)16-11/h4,6,8,14H,3,5,7H2,1-2H3. The predicted molar refractivity (Wildman–Crippen MR) is 82.0 cm³/mol. The van der Waals surface area contributed by atoms with Crippen LogP contribution >= 0.6 is 23.1 Å². The van der Waals surface area contributed by atoms with Crippen LogP contribution in [0, 0.1) is 6.92 Å². The second-order valence-electron chi connectivity index (χ2n) is 4.45. The van der Waals surface area contributed by atoms with Crippen LogP contribution in [0.1, 0.15) is 11.4 Å². The number of ether oxygens (including phenoxy) is 1. The van der Waals surface area contributed by atoms with E-state index < -0.39 is 0 Å². The highest BCUT2D eigenvalue weighted by Crippen LogP contribution is 2.31. The maximum Gasteiger partial charge on any atom is 0.262 e. The van der Waals surface area contributed by atoms with Crippen molar-refractivity contribution in [3.8, 4) is 0 Å². The Balaban J connectivity index is 1.81. The molecular formula is C13H16N4O2S2. The molecule has 112 valence electrons. The van der Waals surface area contributed by atoms with E-state index in [1.165, 1.54) is 11.8 Å². The molecule has 0 saturated heterocycles. The molecule has 21 heavy (non-hydrogen) atoms. The van der Waals surface area contributed by atoms with Crippen LogP contribution in [0.5, 0.6) is 0 Å². The average Bonchev–Trinajstić information content (AvgIpc) is 3.13. The summed E-state index contributed by atoms with van der Waals surface area (Å²) in [4.78, 5) is 9.95. The van der Waals surface area contributed by atoms with Crippen LogP contribution in [-0.4, -0.2) is 34.6 Å². The lowest BCUT2D eigenvalue weighted by Crippen LogP contribution is -2.19. The van der Waals surface area contributed by atoms with Gasteiger partial charge in [-0.2, -0.15) is 0 Å². The van der Waals surface area contributed by atoms with Crippen LogP contribution in [0.25, 0.3) is 4.96 Å². The van der Waals surface area contributed by atoms with Crippen molar-refractivity contribution in [3.05, 3.63) is 29.2 Å². The fraction of sp³-hybridized carbons (Fsp3) is 0.385. The van der Waals surface area contributed by atoms with E-state index in [4.69, 9.17) is 9.15 Å². The first-order valence-corrected chi connectivity index (χ1v) is 8.21. The van der Waals surface area contributed by atoms with Gasteiger partial charge in [-0.3, -0.25) is 4.40 Å². The molecule has 0 radical (unpaired) electrons. The van der Waals surface area contributed by atoms with Crippen LogP contribution in [0.15, 0.2) is 32.5 Å². The third kappa shape index (κ3) is 3.29. The summed E-state index contributed by atoms with van der Waals surface area (Å²) in [5.41, 5.74) is 1.99. The Labute approximate surface area is 130 Å². The van der Waals surface area contributed by atoms with Gasteiger partial charge in [-0.15, -0.1) is 11.3 Å². The largest absolute Gasteiger partial charge is 0.439 e. The number of thiazole rings is 1. The number of methoxy groups -OCH3 is 1. The van der Waals surface area contributed by atoms with Crippen molar-refractivity contribution < 1.29 is 9.15 Å². The lowest BCUT2D eigenvalue weighted by molar-refractivity contribution is 0.199. The van der Waals surface area contributed by atoms with Crippen LogP contribution in [0.4, 0.5) is 0 Å². The number of hydrogen-bond acceptors (Lipinski definition) is 7. The summed E-state index contributed by atoms with van der Waals surface area (Å²) < 4.78 is 12.6. The number of imidazole rings is 1. The smallest absolute Gasteiger partial charge is 0.262 e. The van der Waals surface area contributed by atoms with Gasteiger partial charge in [0, 0.05) is 31.8 Å². The molecule has 0 aliphatic rings. The number of aryl methyl sites for hydroxylation is 1. The minimum absolute atomic E-state index is 0.622. The minimum atomic E-state index is 0.622. The summed E-state index contributed by atoms with van der Waals surface area (Å²) in [5.74, 6) is 0. The second-order valence-corrected chi connectivity index (χ2v) is 6.26. The summed E-state index contributed by atoms with van der Waals surface area (Å²) >= 11 is 3.07. The van der Waals surface area contributed by atoms with E-state index in [-0.39, 0.29) is 0 Å². The van der Waals surface area contributed by atoms with E-state index in [9.17, 15) is 0 Å². The molecule has 6 nitrogen and oxygen atoms in total. The molecule has 1 N–H and O–H groups in total. The molecule has 0 unspecified atom stereocenters. The van der Waals surface area contributed by atoms with Gasteiger partial charge in [0.05, 0.1) is 18.0 Å². The molecule has 0 fully saturated rings. The zero-order valence-corrected chi connectivity index (χ0v) is 13.5. The third-order valence-electron chi connectivity index (χ3n) is 2.88. The molecule has 3 heterocycles. The molecule has 0 aliphatic carbocycles. The van der Waals surface area contributed by atoms with Crippen LogP contribution < -0.4 is 5.32 Å². The molecule has 0 amide bonds.